The van der Waals surface area contributed by atoms with Gasteiger partial charge in [-0.2, -0.15) is 9.13 Å². The van der Waals surface area contributed by atoms with E-state index in [0.29, 0.717) is 0 Å². The molecule has 0 radical (unpaired) electrons. The van der Waals surface area contributed by atoms with Crippen LogP contribution < -0.4 is 13.7 Å². The molecule has 1 unspecified atom stereocenters. The topological polar surface area (TPSA) is 11.6 Å². The minimum Gasteiger partial charge on any atom is -0.200 e. The fourth-order valence-electron chi connectivity index (χ4n) is 8.02. The third-order valence-electron chi connectivity index (χ3n) is 10.8. The summed E-state index contributed by atoms with van der Waals surface area (Å²) in [6, 6.07) is 53.3. The van der Waals surface area contributed by atoms with Crippen LogP contribution in [0.3, 0.4) is 0 Å². The highest BCUT2D eigenvalue weighted by atomic mass is 15.1. The highest BCUT2D eigenvalue weighted by Gasteiger charge is 2.47. The van der Waals surface area contributed by atoms with Gasteiger partial charge >= 0.3 is 0 Å². The predicted octanol–water partition coefficient (Wildman–Crippen LogP) is 9.59. The predicted molar refractivity (Wildman–Crippen MR) is 209 cm³/mol. The van der Waals surface area contributed by atoms with E-state index in [-0.39, 0.29) is 0 Å². The summed E-state index contributed by atoms with van der Waals surface area (Å²) in [6.45, 7) is 11.3. The van der Waals surface area contributed by atoms with Crippen LogP contribution in [0, 0.1) is 20.8 Å². The largest absolute Gasteiger partial charge is 0.218 e. The highest BCUT2D eigenvalue weighted by Crippen LogP contribution is 2.41. The molecule has 0 saturated carbocycles. The van der Waals surface area contributed by atoms with Crippen molar-refractivity contribution in [1.29, 1.82) is 0 Å². The maximum Gasteiger partial charge on any atom is 0.218 e. The molecule has 0 saturated heterocycles. The van der Waals surface area contributed by atoms with Gasteiger partial charge in [0.05, 0.1) is 11.1 Å². The summed E-state index contributed by atoms with van der Waals surface area (Å²) in [4.78, 5) is 0. The summed E-state index contributed by atoms with van der Waals surface area (Å²) >= 11 is 0. The van der Waals surface area contributed by atoms with Gasteiger partial charge in [0.15, 0.2) is 17.6 Å². The summed E-state index contributed by atoms with van der Waals surface area (Å²) in [5.74, 6) is 0. The zero-order valence-corrected chi connectivity index (χ0v) is 31.0. The van der Waals surface area contributed by atoms with Crippen LogP contribution in [0.4, 0.5) is 0 Å². The van der Waals surface area contributed by atoms with Crippen molar-refractivity contribution in [1.82, 2.24) is 0 Å². The molecule has 0 amide bonds. The lowest BCUT2D eigenvalue weighted by Gasteiger charge is -2.31. The van der Waals surface area contributed by atoms with Crippen LogP contribution in [0.5, 0.6) is 0 Å². The van der Waals surface area contributed by atoms with Crippen LogP contribution in [-0.2, 0) is 26.1 Å². The van der Waals surface area contributed by atoms with Crippen molar-refractivity contribution < 1.29 is 13.7 Å². The van der Waals surface area contributed by atoms with Crippen molar-refractivity contribution in [2.75, 3.05) is 0 Å². The minimum absolute atomic E-state index is 0.635. The van der Waals surface area contributed by atoms with E-state index in [4.69, 9.17) is 0 Å². The van der Waals surface area contributed by atoms with Gasteiger partial charge in [-0.3, -0.25) is 0 Å². The van der Waals surface area contributed by atoms with Crippen LogP contribution in [0.15, 0.2) is 152 Å². The van der Waals surface area contributed by atoms with Crippen molar-refractivity contribution >= 4 is 0 Å². The molecule has 0 bridgehead atoms. The molecule has 0 aliphatic heterocycles. The second-order valence-electron chi connectivity index (χ2n) is 13.9. The quantitative estimate of drug-likeness (QED) is 0.143. The Balaban J connectivity index is 1.59. The van der Waals surface area contributed by atoms with Gasteiger partial charge in [-0.15, -0.1) is 0 Å². The summed E-state index contributed by atoms with van der Waals surface area (Å²) in [6.07, 6.45) is 3.26. The molecule has 0 spiro atoms. The molecular weight excluding hydrogens is 619 g/mol. The van der Waals surface area contributed by atoms with Crippen molar-refractivity contribution in [3.05, 3.63) is 185 Å². The van der Waals surface area contributed by atoms with Gasteiger partial charge in [-0.1, -0.05) is 91.9 Å². The molecule has 0 fully saturated rings. The Morgan fingerprint density at radius 2 is 1.06 bits per heavy atom. The fourth-order valence-corrected chi connectivity index (χ4v) is 8.02. The number of nitrogens with zero attached hydrogens (tertiary/aromatic N) is 3. The molecule has 252 valence electrons. The van der Waals surface area contributed by atoms with Gasteiger partial charge in [0.25, 0.3) is 0 Å². The normalized spacial score (nSPS) is 12.5. The highest BCUT2D eigenvalue weighted by molar-refractivity contribution is 5.73. The first-order valence-electron chi connectivity index (χ1n) is 18.1. The van der Waals surface area contributed by atoms with E-state index >= 15 is 0 Å². The van der Waals surface area contributed by atoms with Crippen molar-refractivity contribution in [3.8, 4) is 44.9 Å². The number of aromatic nitrogens is 3. The van der Waals surface area contributed by atoms with E-state index in [0.717, 1.165) is 6.42 Å². The smallest absolute Gasteiger partial charge is 0.200 e. The van der Waals surface area contributed by atoms with Crippen LogP contribution in [0.2, 0.25) is 0 Å². The molecule has 0 aliphatic carbocycles. The van der Waals surface area contributed by atoms with Crippen molar-refractivity contribution in [2.45, 2.75) is 46.6 Å². The zero-order valence-electron chi connectivity index (χ0n) is 31.0. The summed E-state index contributed by atoms with van der Waals surface area (Å²) in [5, 5.41) is 0. The van der Waals surface area contributed by atoms with E-state index in [9.17, 15) is 0 Å². The van der Waals surface area contributed by atoms with Crippen LogP contribution in [0.25, 0.3) is 44.9 Å². The Bertz CT molecular complexity index is 2370. The monoisotopic (exact) mass is 666 g/mol. The van der Waals surface area contributed by atoms with Gasteiger partial charge in [0.2, 0.25) is 22.6 Å². The lowest BCUT2D eigenvalue weighted by Crippen LogP contribution is -2.59. The van der Waals surface area contributed by atoms with E-state index in [1.165, 1.54) is 78.5 Å². The molecule has 7 aromatic rings. The first kappa shape index (κ1) is 33.8. The second kappa shape index (κ2) is 13.9. The van der Waals surface area contributed by atoms with Crippen molar-refractivity contribution in [3.63, 3.8) is 0 Å². The number of hydrogen-bond acceptors (Lipinski definition) is 0. The third-order valence-corrected chi connectivity index (χ3v) is 10.8. The number of hydrogen-bond donors (Lipinski definition) is 0. The Morgan fingerprint density at radius 1 is 0.510 bits per heavy atom. The fraction of sp³-hybridized carbons (Fsp3) is 0.188. The molecule has 1 atom stereocenters. The number of aryl methyl sites for hydroxylation is 5. The molecule has 4 aromatic carbocycles. The molecule has 0 aliphatic rings. The molecule has 51 heavy (non-hydrogen) atoms. The third kappa shape index (κ3) is 5.97. The lowest BCUT2D eigenvalue weighted by atomic mass is 9.77. The minimum atomic E-state index is -0.635. The summed E-state index contributed by atoms with van der Waals surface area (Å²) < 4.78 is 7.21. The molecule has 3 nitrogen and oxygen atoms in total. The Morgan fingerprint density at radius 3 is 1.71 bits per heavy atom. The van der Waals surface area contributed by atoms with Crippen LogP contribution >= 0.6 is 0 Å². The number of benzene rings is 4. The summed E-state index contributed by atoms with van der Waals surface area (Å²) in [7, 11) is 4.36. The first-order chi connectivity index (χ1) is 24.7. The number of pyridine rings is 3. The van der Waals surface area contributed by atoms with Gasteiger partial charge in [-0.05, 0) is 60.4 Å². The molecule has 3 aromatic heterocycles. The van der Waals surface area contributed by atoms with E-state index < -0.39 is 5.54 Å². The Hall–Kier alpha value is -5.67. The standard InChI is InChI=1S/C48H48N3/c1-8-37-32-47(49(6)33-42(37)38-23-10-9-11-24-38)41-27-15-17-29-44(41)48(5,43-28-16-14-26-40(43)45-30-18-21-35(3)50(45)7)51-36(4)22-19-31-46(51)39-25-13-12-20-34(39)2/h9-33H,8H2,1-7H3/q+3. The van der Waals surface area contributed by atoms with Crippen LogP contribution in [0.1, 0.15) is 47.5 Å². The molecule has 7 rings (SSSR count). The van der Waals surface area contributed by atoms with Gasteiger partial charge < -0.3 is 0 Å². The van der Waals surface area contributed by atoms with Crippen LogP contribution in [-0.4, -0.2) is 0 Å². The SMILES string of the molecule is CCc1cc(-c2ccccc2C(C)(c2ccccc2-c2cccc(C)[n+]2C)[n+]2c(C)cccc2-c2ccccc2C)[n+](C)cc1-c1ccccc1. The van der Waals surface area contributed by atoms with Crippen molar-refractivity contribution in [2.24, 2.45) is 14.1 Å². The maximum absolute atomic E-state index is 2.59. The molecular formula is C48H48N3+3. The van der Waals surface area contributed by atoms with E-state index in [1.54, 1.807) is 0 Å². The first-order valence-corrected chi connectivity index (χ1v) is 18.1. The zero-order chi connectivity index (χ0) is 35.7. The number of rotatable bonds is 8. The van der Waals surface area contributed by atoms with E-state index in [1.807, 2.05) is 0 Å². The molecule has 3 heterocycles. The van der Waals surface area contributed by atoms with Gasteiger partial charge in [0.1, 0.15) is 14.1 Å². The summed E-state index contributed by atoms with van der Waals surface area (Å²) in [5.41, 5.74) is 16.6. The Labute approximate surface area is 303 Å². The average molecular weight is 667 g/mol. The molecule has 0 N–H and O–H groups in total. The lowest BCUT2D eigenvalue weighted by molar-refractivity contribution is -0.736. The Kier molecular flexibility index (Phi) is 9.23. The van der Waals surface area contributed by atoms with Gasteiger partial charge in [-0.25, -0.2) is 4.57 Å². The average Bonchev–Trinajstić information content (AvgIpc) is 3.16. The maximum atomic E-state index is 2.59. The van der Waals surface area contributed by atoms with Gasteiger partial charge in [0, 0.05) is 73.4 Å². The second-order valence-corrected chi connectivity index (χ2v) is 13.9. The molecule has 3 heteroatoms. The van der Waals surface area contributed by atoms with E-state index in [2.05, 4.69) is 214 Å².